The lowest BCUT2D eigenvalue weighted by Gasteiger charge is -2.17. The van der Waals surface area contributed by atoms with Crippen molar-refractivity contribution in [2.45, 2.75) is 12.8 Å². The molecule has 0 bridgehead atoms. The van der Waals surface area contributed by atoms with Crippen molar-refractivity contribution in [2.75, 3.05) is 11.4 Å². The number of hydrogen-bond acceptors (Lipinski definition) is 1. The molecule has 68 valence electrons. The maximum absolute atomic E-state index is 7.74. The van der Waals surface area contributed by atoms with Crippen molar-refractivity contribution in [3.8, 4) is 0 Å². The predicted octanol–water partition coefficient (Wildman–Crippen LogP) is 2.87. The number of rotatable bonds is 1. The van der Waals surface area contributed by atoms with Crippen LogP contribution in [0.2, 0.25) is 0 Å². The first-order chi connectivity index (χ1) is 6.27. The number of amidine groups is 1. The first kappa shape index (κ1) is 8.99. The third kappa shape index (κ3) is 1.85. The molecule has 2 rings (SSSR count). The molecule has 1 aromatic rings. The summed E-state index contributed by atoms with van der Waals surface area (Å²) in [6, 6.07) is 8.31. The van der Waals surface area contributed by atoms with Crippen molar-refractivity contribution in [3.05, 3.63) is 27.8 Å². The Morgan fingerprint density at radius 1 is 1.38 bits per heavy atom. The van der Waals surface area contributed by atoms with Gasteiger partial charge in [-0.2, -0.15) is 0 Å². The van der Waals surface area contributed by atoms with Gasteiger partial charge >= 0.3 is 0 Å². The Labute approximate surface area is 91.6 Å². The van der Waals surface area contributed by atoms with Crippen LogP contribution in [0.25, 0.3) is 0 Å². The lowest BCUT2D eigenvalue weighted by Crippen LogP contribution is -2.22. The van der Waals surface area contributed by atoms with E-state index in [0.29, 0.717) is 0 Å². The molecule has 0 amide bonds. The highest BCUT2D eigenvalue weighted by Gasteiger charge is 2.17. The average Bonchev–Trinajstić information content (AvgIpc) is 2.51. The standard InChI is InChI=1S/C10H11IN2/c11-8-3-1-4-9(7-8)13-6-2-5-10(13)12/h1,3-4,7,12H,2,5-6H2. The molecule has 3 heteroatoms. The molecule has 1 aliphatic heterocycles. The summed E-state index contributed by atoms with van der Waals surface area (Å²) in [6.07, 6.45) is 2.04. The van der Waals surface area contributed by atoms with Crippen LogP contribution in [0.5, 0.6) is 0 Å². The van der Waals surface area contributed by atoms with Crippen LogP contribution in [0.4, 0.5) is 5.69 Å². The van der Waals surface area contributed by atoms with Crippen molar-refractivity contribution in [2.24, 2.45) is 0 Å². The summed E-state index contributed by atoms with van der Waals surface area (Å²) in [5.41, 5.74) is 1.16. The van der Waals surface area contributed by atoms with Gasteiger partial charge < -0.3 is 4.90 Å². The summed E-state index contributed by atoms with van der Waals surface area (Å²) in [7, 11) is 0. The fraction of sp³-hybridized carbons (Fsp3) is 0.300. The van der Waals surface area contributed by atoms with Gasteiger partial charge in [-0.1, -0.05) is 6.07 Å². The van der Waals surface area contributed by atoms with E-state index in [0.717, 1.165) is 30.9 Å². The van der Waals surface area contributed by atoms with Crippen molar-refractivity contribution in [3.63, 3.8) is 0 Å². The van der Waals surface area contributed by atoms with Gasteiger partial charge in [0.15, 0.2) is 0 Å². The average molecular weight is 286 g/mol. The van der Waals surface area contributed by atoms with E-state index < -0.39 is 0 Å². The van der Waals surface area contributed by atoms with E-state index >= 15 is 0 Å². The monoisotopic (exact) mass is 286 g/mol. The van der Waals surface area contributed by atoms with Crippen molar-refractivity contribution < 1.29 is 0 Å². The van der Waals surface area contributed by atoms with Crippen LogP contribution >= 0.6 is 22.6 Å². The van der Waals surface area contributed by atoms with Gasteiger partial charge in [0, 0.05) is 22.2 Å². The first-order valence-corrected chi connectivity index (χ1v) is 5.46. The molecule has 2 nitrogen and oxygen atoms in total. The molecule has 1 fully saturated rings. The van der Waals surface area contributed by atoms with Crippen molar-refractivity contribution in [1.29, 1.82) is 5.41 Å². The number of anilines is 1. The molecule has 0 aromatic heterocycles. The molecule has 1 N–H and O–H groups in total. The third-order valence-electron chi connectivity index (χ3n) is 2.24. The zero-order chi connectivity index (χ0) is 9.26. The summed E-state index contributed by atoms with van der Waals surface area (Å²) in [5.74, 6) is 0.752. The maximum atomic E-state index is 7.74. The minimum absolute atomic E-state index is 0.752. The number of hydrogen-bond donors (Lipinski definition) is 1. The van der Waals surface area contributed by atoms with E-state index in [-0.39, 0.29) is 0 Å². The van der Waals surface area contributed by atoms with Crippen LogP contribution in [0.15, 0.2) is 24.3 Å². The second-order valence-electron chi connectivity index (χ2n) is 3.18. The second-order valence-corrected chi connectivity index (χ2v) is 4.43. The molecule has 1 aliphatic rings. The summed E-state index contributed by atoms with van der Waals surface area (Å²) in [5, 5.41) is 7.74. The third-order valence-corrected chi connectivity index (χ3v) is 2.91. The summed E-state index contributed by atoms with van der Waals surface area (Å²) in [6.45, 7) is 0.999. The van der Waals surface area contributed by atoms with Crippen LogP contribution in [0.1, 0.15) is 12.8 Å². The minimum atomic E-state index is 0.752. The van der Waals surface area contributed by atoms with Crippen LogP contribution in [-0.4, -0.2) is 12.4 Å². The van der Waals surface area contributed by atoms with Gasteiger partial charge in [-0.15, -0.1) is 0 Å². The first-order valence-electron chi connectivity index (χ1n) is 4.38. The van der Waals surface area contributed by atoms with Gasteiger partial charge in [-0.25, -0.2) is 0 Å². The lowest BCUT2D eigenvalue weighted by molar-refractivity contribution is 0.956. The van der Waals surface area contributed by atoms with Gasteiger partial charge in [0.25, 0.3) is 0 Å². The lowest BCUT2D eigenvalue weighted by atomic mass is 10.3. The maximum Gasteiger partial charge on any atom is 0.100 e. The summed E-state index contributed by atoms with van der Waals surface area (Å²) in [4.78, 5) is 2.09. The predicted molar refractivity (Wildman–Crippen MR) is 63.5 cm³/mol. The second kappa shape index (κ2) is 3.65. The number of halogens is 1. The normalized spacial score (nSPS) is 16.7. The minimum Gasteiger partial charge on any atom is -0.330 e. The zero-order valence-corrected chi connectivity index (χ0v) is 9.41. The molecule has 0 radical (unpaired) electrons. The fourth-order valence-corrected chi connectivity index (χ4v) is 2.13. The highest BCUT2D eigenvalue weighted by atomic mass is 127. The van der Waals surface area contributed by atoms with E-state index in [1.807, 2.05) is 6.07 Å². The van der Waals surface area contributed by atoms with Crippen LogP contribution in [0, 0.1) is 8.98 Å². The van der Waals surface area contributed by atoms with E-state index in [1.54, 1.807) is 0 Å². The smallest absolute Gasteiger partial charge is 0.100 e. The molecule has 0 saturated carbocycles. The molecule has 0 spiro atoms. The van der Waals surface area contributed by atoms with Crippen LogP contribution < -0.4 is 4.90 Å². The van der Waals surface area contributed by atoms with Crippen molar-refractivity contribution >= 4 is 34.1 Å². The Morgan fingerprint density at radius 2 is 2.23 bits per heavy atom. The van der Waals surface area contributed by atoms with Crippen LogP contribution in [-0.2, 0) is 0 Å². The largest absolute Gasteiger partial charge is 0.330 e. The topological polar surface area (TPSA) is 27.1 Å². The summed E-state index contributed by atoms with van der Waals surface area (Å²) < 4.78 is 1.23. The quantitative estimate of drug-likeness (QED) is 0.790. The van der Waals surface area contributed by atoms with E-state index in [1.165, 1.54) is 3.57 Å². The van der Waals surface area contributed by atoms with Gasteiger partial charge in [0.2, 0.25) is 0 Å². The Kier molecular flexibility index (Phi) is 2.53. The Hall–Kier alpha value is -0.580. The SMILES string of the molecule is N=C1CCCN1c1cccc(I)c1. The van der Waals surface area contributed by atoms with Crippen LogP contribution in [0.3, 0.4) is 0 Å². The van der Waals surface area contributed by atoms with E-state index in [2.05, 4.69) is 45.7 Å². The Balaban J connectivity index is 2.29. The fourth-order valence-electron chi connectivity index (χ4n) is 1.60. The Morgan fingerprint density at radius 3 is 2.85 bits per heavy atom. The van der Waals surface area contributed by atoms with Gasteiger partial charge in [0.05, 0.1) is 0 Å². The van der Waals surface area contributed by atoms with Gasteiger partial charge in [0.1, 0.15) is 5.84 Å². The number of benzene rings is 1. The number of nitrogens with zero attached hydrogens (tertiary/aromatic N) is 1. The van der Waals surface area contributed by atoms with E-state index in [9.17, 15) is 0 Å². The molecular formula is C10H11IN2. The summed E-state index contributed by atoms with van der Waals surface area (Å²) >= 11 is 2.30. The highest BCUT2D eigenvalue weighted by molar-refractivity contribution is 14.1. The molecule has 1 heterocycles. The Bertz CT molecular complexity index is 335. The molecule has 13 heavy (non-hydrogen) atoms. The molecule has 0 unspecified atom stereocenters. The number of nitrogens with one attached hydrogen (secondary N) is 1. The van der Waals surface area contributed by atoms with Gasteiger partial charge in [-0.3, -0.25) is 5.41 Å². The highest BCUT2D eigenvalue weighted by Crippen LogP contribution is 2.22. The van der Waals surface area contributed by atoms with E-state index in [4.69, 9.17) is 5.41 Å². The zero-order valence-electron chi connectivity index (χ0n) is 7.26. The molecule has 1 aromatic carbocycles. The molecule has 0 aliphatic carbocycles. The molecule has 0 atom stereocenters. The molecule has 1 saturated heterocycles. The van der Waals surface area contributed by atoms with Gasteiger partial charge in [-0.05, 0) is 47.2 Å². The molecular weight excluding hydrogens is 275 g/mol. The van der Waals surface area contributed by atoms with Crippen molar-refractivity contribution in [1.82, 2.24) is 0 Å².